The van der Waals surface area contributed by atoms with Crippen molar-refractivity contribution in [3.05, 3.63) is 83.3 Å². The first-order valence-corrected chi connectivity index (χ1v) is 9.89. The quantitative estimate of drug-likeness (QED) is 0.530. The van der Waals surface area contributed by atoms with E-state index in [1.807, 2.05) is 18.2 Å². The van der Waals surface area contributed by atoms with Crippen molar-refractivity contribution in [3.8, 4) is 5.69 Å². The zero-order valence-electron chi connectivity index (χ0n) is 16.7. The second-order valence-electron chi connectivity index (χ2n) is 7.41. The highest BCUT2D eigenvalue weighted by Crippen LogP contribution is 2.25. The van der Waals surface area contributed by atoms with Crippen molar-refractivity contribution in [3.63, 3.8) is 0 Å². The van der Waals surface area contributed by atoms with Gasteiger partial charge < -0.3 is 4.90 Å². The third kappa shape index (κ3) is 3.41. The number of nitrogens with zero attached hydrogens (tertiary/aromatic N) is 5. The standard InChI is InChI=1S/C22H17FN6O3/c23-15-6-8-17(9-7-15)29-20-18(11-25-29)22(32)28(13-24-20)26-21(31)14-10-19(30)27(12-14)16-4-2-1-3-5-16/h1-9,11,13-14H,10,12H2,(H,26,31)/t14-/m1/s1. The summed E-state index contributed by atoms with van der Waals surface area (Å²) < 4.78 is 15.6. The van der Waals surface area contributed by atoms with E-state index in [9.17, 15) is 18.8 Å². The molecule has 1 N–H and O–H groups in total. The molecule has 0 unspecified atom stereocenters. The van der Waals surface area contributed by atoms with Crippen molar-refractivity contribution in [1.29, 1.82) is 0 Å². The van der Waals surface area contributed by atoms with Gasteiger partial charge in [-0.3, -0.25) is 19.8 Å². The second kappa shape index (κ2) is 7.73. The Labute approximate surface area is 180 Å². The fourth-order valence-corrected chi connectivity index (χ4v) is 3.71. The van der Waals surface area contributed by atoms with Gasteiger partial charge in [-0.15, -0.1) is 0 Å². The van der Waals surface area contributed by atoms with Crippen molar-refractivity contribution in [1.82, 2.24) is 19.4 Å². The van der Waals surface area contributed by atoms with Gasteiger partial charge in [0.1, 0.15) is 17.5 Å². The van der Waals surface area contributed by atoms with Crippen LogP contribution in [0.15, 0.2) is 71.9 Å². The molecule has 160 valence electrons. The number of anilines is 1. The van der Waals surface area contributed by atoms with Gasteiger partial charge in [-0.05, 0) is 36.4 Å². The van der Waals surface area contributed by atoms with Crippen LogP contribution in [0.2, 0.25) is 0 Å². The van der Waals surface area contributed by atoms with Gasteiger partial charge in [0.2, 0.25) is 11.8 Å². The molecule has 9 nitrogen and oxygen atoms in total. The number of aromatic nitrogens is 4. The highest BCUT2D eigenvalue weighted by atomic mass is 19.1. The van der Waals surface area contributed by atoms with Gasteiger partial charge in [0.05, 0.1) is 17.8 Å². The molecule has 4 aromatic rings. The van der Waals surface area contributed by atoms with E-state index in [1.165, 1.54) is 41.5 Å². The number of rotatable bonds is 4. The summed E-state index contributed by atoms with van der Waals surface area (Å²) in [5, 5.41) is 4.35. The van der Waals surface area contributed by atoms with Gasteiger partial charge in [0, 0.05) is 18.7 Å². The predicted octanol–water partition coefficient (Wildman–Crippen LogP) is 1.84. The van der Waals surface area contributed by atoms with Crippen molar-refractivity contribution < 1.29 is 14.0 Å². The molecule has 0 spiro atoms. The van der Waals surface area contributed by atoms with Crippen molar-refractivity contribution >= 4 is 28.5 Å². The zero-order valence-corrected chi connectivity index (χ0v) is 16.7. The number of para-hydroxylation sites is 1. The summed E-state index contributed by atoms with van der Waals surface area (Å²) in [5.74, 6) is -1.60. The van der Waals surface area contributed by atoms with Crippen LogP contribution in [-0.2, 0) is 9.59 Å². The molecule has 2 aromatic heterocycles. The van der Waals surface area contributed by atoms with Crippen LogP contribution in [0.4, 0.5) is 10.1 Å². The molecule has 1 fully saturated rings. The summed E-state index contributed by atoms with van der Waals surface area (Å²) in [6, 6.07) is 14.7. The molecule has 2 aromatic carbocycles. The molecular formula is C22H17FN6O3. The van der Waals surface area contributed by atoms with Crippen LogP contribution in [0, 0.1) is 11.7 Å². The van der Waals surface area contributed by atoms with E-state index in [0.717, 1.165) is 10.4 Å². The topological polar surface area (TPSA) is 102 Å². The van der Waals surface area contributed by atoms with Gasteiger partial charge in [-0.2, -0.15) is 5.10 Å². The number of hydrogen-bond acceptors (Lipinski definition) is 5. The largest absolute Gasteiger partial charge is 0.312 e. The monoisotopic (exact) mass is 432 g/mol. The highest BCUT2D eigenvalue weighted by molar-refractivity contribution is 6.01. The number of carbonyl (C=O) groups is 2. The lowest BCUT2D eigenvalue weighted by Gasteiger charge is -2.16. The molecule has 3 heterocycles. The third-order valence-electron chi connectivity index (χ3n) is 5.35. The summed E-state index contributed by atoms with van der Waals surface area (Å²) in [7, 11) is 0. The van der Waals surface area contributed by atoms with Crippen LogP contribution >= 0.6 is 0 Å². The highest BCUT2D eigenvalue weighted by Gasteiger charge is 2.35. The van der Waals surface area contributed by atoms with Crippen LogP contribution in [-0.4, -0.2) is 37.8 Å². The third-order valence-corrected chi connectivity index (χ3v) is 5.35. The van der Waals surface area contributed by atoms with Gasteiger partial charge in [0.25, 0.3) is 5.56 Å². The van der Waals surface area contributed by atoms with E-state index >= 15 is 0 Å². The minimum atomic E-state index is -0.604. The number of benzene rings is 2. The van der Waals surface area contributed by atoms with Crippen LogP contribution in [0.25, 0.3) is 16.7 Å². The maximum Gasteiger partial charge on any atom is 0.283 e. The number of fused-ring (bicyclic) bond motifs is 1. The van der Waals surface area contributed by atoms with Crippen molar-refractivity contribution in [2.45, 2.75) is 6.42 Å². The SMILES string of the molecule is O=C(Nn1cnc2c(cnn2-c2ccc(F)cc2)c1=O)[C@@H]1CC(=O)N(c2ccccc2)C1. The van der Waals surface area contributed by atoms with E-state index in [1.54, 1.807) is 17.0 Å². The summed E-state index contributed by atoms with van der Waals surface area (Å²) in [6.07, 6.45) is 2.58. The predicted molar refractivity (Wildman–Crippen MR) is 114 cm³/mol. The van der Waals surface area contributed by atoms with Crippen molar-refractivity contribution in [2.24, 2.45) is 5.92 Å². The molecule has 0 radical (unpaired) electrons. The minimum absolute atomic E-state index is 0.0493. The fourth-order valence-electron chi connectivity index (χ4n) is 3.71. The Kier molecular flexibility index (Phi) is 4.74. The maximum absolute atomic E-state index is 13.2. The summed E-state index contributed by atoms with van der Waals surface area (Å²) in [5.41, 5.74) is 3.56. The normalized spacial score (nSPS) is 16.0. The van der Waals surface area contributed by atoms with E-state index < -0.39 is 17.4 Å². The average Bonchev–Trinajstić information content (AvgIpc) is 3.41. The molecule has 1 aliphatic rings. The Morgan fingerprint density at radius 1 is 1.03 bits per heavy atom. The Hall–Kier alpha value is -4.34. The van der Waals surface area contributed by atoms with Crippen LogP contribution < -0.4 is 15.9 Å². The molecule has 0 bridgehead atoms. The van der Waals surface area contributed by atoms with Gasteiger partial charge in [-0.1, -0.05) is 18.2 Å². The first-order valence-electron chi connectivity index (χ1n) is 9.89. The number of nitrogens with one attached hydrogen (secondary N) is 1. The first kappa shape index (κ1) is 19.6. The molecule has 32 heavy (non-hydrogen) atoms. The van der Waals surface area contributed by atoms with Gasteiger partial charge in [-0.25, -0.2) is 18.7 Å². The molecule has 1 atom stereocenters. The molecule has 1 aliphatic heterocycles. The number of halogens is 1. The molecule has 0 aliphatic carbocycles. The second-order valence-corrected chi connectivity index (χ2v) is 7.41. The number of amides is 2. The fraction of sp³-hybridized carbons (Fsp3) is 0.136. The molecular weight excluding hydrogens is 415 g/mol. The van der Waals surface area contributed by atoms with Crippen molar-refractivity contribution in [2.75, 3.05) is 16.9 Å². The van der Waals surface area contributed by atoms with Crippen LogP contribution in [0.3, 0.4) is 0 Å². The summed E-state index contributed by atoms with van der Waals surface area (Å²) in [6.45, 7) is 0.224. The lowest BCUT2D eigenvalue weighted by molar-refractivity contribution is -0.123. The van der Waals surface area contributed by atoms with E-state index in [-0.39, 0.29) is 35.7 Å². The van der Waals surface area contributed by atoms with E-state index in [2.05, 4.69) is 15.5 Å². The Balaban J connectivity index is 1.37. The number of hydrogen-bond donors (Lipinski definition) is 1. The average molecular weight is 432 g/mol. The smallest absolute Gasteiger partial charge is 0.283 e. The molecule has 10 heteroatoms. The Morgan fingerprint density at radius 3 is 2.53 bits per heavy atom. The molecule has 2 amide bonds. The van der Waals surface area contributed by atoms with Crippen LogP contribution in [0.1, 0.15) is 6.42 Å². The lowest BCUT2D eigenvalue weighted by Crippen LogP contribution is -2.37. The first-order chi connectivity index (χ1) is 15.5. The summed E-state index contributed by atoms with van der Waals surface area (Å²) >= 11 is 0. The Morgan fingerprint density at radius 2 is 1.78 bits per heavy atom. The Bertz CT molecular complexity index is 1380. The minimum Gasteiger partial charge on any atom is -0.312 e. The van der Waals surface area contributed by atoms with Gasteiger partial charge in [0.15, 0.2) is 5.65 Å². The maximum atomic E-state index is 13.2. The zero-order chi connectivity index (χ0) is 22.2. The summed E-state index contributed by atoms with van der Waals surface area (Å²) in [4.78, 5) is 43.8. The lowest BCUT2D eigenvalue weighted by atomic mass is 10.1. The number of carbonyl (C=O) groups excluding carboxylic acids is 2. The van der Waals surface area contributed by atoms with Crippen LogP contribution in [0.5, 0.6) is 0 Å². The molecule has 0 saturated carbocycles. The molecule has 5 rings (SSSR count). The van der Waals surface area contributed by atoms with E-state index in [0.29, 0.717) is 5.69 Å². The van der Waals surface area contributed by atoms with E-state index in [4.69, 9.17) is 0 Å². The van der Waals surface area contributed by atoms with Gasteiger partial charge >= 0.3 is 0 Å². The molecule has 1 saturated heterocycles.